The molecule has 2 fully saturated rings. The molecule has 2 aliphatic heterocycles. The number of primary sulfonamides is 1. The van der Waals surface area contributed by atoms with Crippen molar-refractivity contribution in [3.63, 3.8) is 0 Å². The highest BCUT2D eigenvalue weighted by Gasteiger charge is 2.29. The summed E-state index contributed by atoms with van der Waals surface area (Å²) in [7, 11) is -3.85. The fraction of sp³-hybridized carbons (Fsp3) is 0.394. The third kappa shape index (κ3) is 6.33. The summed E-state index contributed by atoms with van der Waals surface area (Å²) in [5.41, 5.74) is 6.18. The van der Waals surface area contributed by atoms with Crippen LogP contribution in [0.15, 0.2) is 65.6 Å². The Morgan fingerprint density at radius 2 is 1.51 bits per heavy atom. The molecule has 10 heteroatoms. The summed E-state index contributed by atoms with van der Waals surface area (Å²) in [5, 5.41) is 15.0. The van der Waals surface area contributed by atoms with Crippen LogP contribution in [0.5, 0.6) is 0 Å². The minimum atomic E-state index is -3.85. The lowest BCUT2D eigenvalue weighted by Gasteiger charge is -2.41. The van der Waals surface area contributed by atoms with Crippen molar-refractivity contribution in [3.05, 3.63) is 82.9 Å². The maximum Gasteiger partial charge on any atom is 0.254 e. The molecule has 0 radical (unpaired) electrons. The number of benzene rings is 3. The van der Waals surface area contributed by atoms with Crippen LogP contribution in [0.1, 0.15) is 46.8 Å². The second-order valence-corrected chi connectivity index (χ2v) is 12.9. The molecular formula is C33H40N6O3S. The standard InChI is InChI=1S/C33H40N6O3S/c1-4-39(27-13-15-36(16-14-27)29-10-6-5-9-26(29)23-34)31-22-28(24(2)21-25(31)3)33(40)38-19-17-37(18-20-38)30-11-7-8-12-32(30)43(35,41)42/h5-12,21-22,27H,4,13-20H2,1-3H3,(H2,35,41,42). The number of piperidine rings is 1. The smallest absolute Gasteiger partial charge is 0.254 e. The number of hydrogen-bond donors (Lipinski definition) is 1. The van der Waals surface area contributed by atoms with Crippen molar-refractivity contribution in [1.29, 1.82) is 5.26 Å². The van der Waals surface area contributed by atoms with Crippen LogP contribution < -0.4 is 19.8 Å². The van der Waals surface area contributed by atoms with E-state index in [0.717, 1.165) is 55.0 Å². The van der Waals surface area contributed by atoms with Gasteiger partial charge in [-0.15, -0.1) is 0 Å². The van der Waals surface area contributed by atoms with Gasteiger partial charge in [-0.1, -0.05) is 30.3 Å². The molecule has 0 bridgehead atoms. The van der Waals surface area contributed by atoms with Gasteiger partial charge in [0.1, 0.15) is 11.0 Å². The minimum Gasteiger partial charge on any atom is -0.370 e. The lowest BCUT2D eigenvalue weighted by Crippen LogP contribution is -2.49. The van der Waals surface area contributed by atoms with E-state index in [-0.39, 0.29) is 10.8 Å². The number of hydrogen-bond acceptors (Lipinski definition) is 7. The van der Waals surface area contributed by atoms with E-state index in [9.17, 15) is 18.5 Å². The van der Waals surface area contributed by atoms with E-state index in [4.69, 9.17) is 5.14 Å². The van der Waals surface area contributed by atoms with Crippen LogP contribution in [0.2, 0.25) is 0 Å². The fourth-order valence-electron chi connectivity index (χ4n) is 6.55. The number of nitriles is 1. The van der Waals surface area contributed by atoms with E-state index in [1.165, 1.54) is 6.07 Å². The van der Waals surface area contributed by atoms with E-state index in [0.29, 0.717) is 49.0 Å². The summed E-state index contributed by atoms with van der Waals surface area (Å²) in [5.74, 6) is -0.00267. The number of rotatable bonds is 7. The van der Waals surface area contributed by atoms with Crippen LogP contribution in [-0.2, 0) is 10.0 Å². The van der Waals surface area contributed by atoms with Gasteiger partial charge in [0.25, 0.3) is 5.91 Å². The molecule has 9 nitrogen and oxygen atoms in total. The predicted molar refractivity (Wildman–Crippen MR) is 171 cm³/mol. The number of nitrogens with two attached hydrogens (primary N) is 1. The Kier molecular flexibility index (Phi) is 8.95. The molecule has 2 heterocycles. The Hall–Kier alpha value is -4.07. The highest BCUT2D eigenvalue weighted by Crippen LogP contribution is 2.32. The highest BCUT2D eigenvalue weighted by atomic mass is 32.2. The van der Waals surface area contributed by atoms with Crippen molar-refractivity contribution in [2.75, 3.05) is 60.5 Å². The summed E-state index contributed by atoms with van der Waals surface area (Å²) in [6, 6.07) is 21.4. The number of aryl methyl sites for hydroxylation is 2. The third-order valence-corrected chi connectivity index (χ3v) is 9.73. The maximum atomic E-state index is 13.8. The monoisotopic (exact) mass is 600 g/mol. The normalized spacial score (nSPS) is 16.2. The largest absolute Gasteiger partial charge is 0.370 e. The molecule has 2 saturated heterocycles. The van der Waals surface area contributed by atoms with Crippen molar-refractivity contribution in [2.24, 2.45) is 5.14 Å². The van der Waals surface area contributed by atoms with Gasteiger partial charge in [-0.05, 0) is 75.1 Å². The summed E-state index contributed by atoms with van der Waals surface area (Å²) >= 11 is 0. The molecule has 226 valence electrons. The first-order chi connectivity index (χ1) is 20.6. The SMILES string of the molecule is CCN(c1cc(C(=O)N2CCN(c3ccccc3S(N)(=O)=O)CC2)c(C)cc1C)C1CCN(c2ccccc2C#N)CC1. The molecule has 0 spiro atoms. The lowest BCUT2D eigenvalue weighted by molar-refractivity contribution is 0.0746. The predicted octanol–water partition coefficient (Wildman–Crippen LogP) is 4.28. The van der Waals surface area contributed by atoms with Crippen LogP contribution in [0.3, 0.4) is 0 Å². The fourth-order valence-corrected chi connectivity index (χ4v) is 7.30. The first-order valence-corrected chi connectivity index (χ1v) is 16.4. The topological polar surface area (TPSA) is 114 Å². The molecule has 0 aromatic heterocycles. The zero-order valence-electron chi connectivity index (χ0n) is 25.2. The minimum absolute atomic E-state index is 0.00267. The average Bonchev–Trinajstić information content (AvgIpc) is 3.02. The Bertz CT molecular complexity index is 1630. The molecular weight excluding hydrogens is 560 g/mol. The Morgan fingerprint density at radius 1 is 0.907 bits per heavy atom. The number of nitrogens with zero attached hydrogens (tertiary/aromatic N) is 5. The Labute approximate surface area is 255 Å². The van der Waals surface area contributed by atoms with Crippen molar-refractivity contribution >= 4 is 33.0 Å². The molecule has 2 aliphatic rings. The van der Waals surface area contributed by atoms with Gasteiger partial charge in [0, 0.05) is 63.1 Å². The van der Waals surface area contributed by atoms with Gasteiger partial charge >= 0.3 is 0 Å². The molecule has 43 heavy (non-hydrogen) atoms. The first-order valence-electron chi connectivity index (χ1n) is 14.9. The molecule has 3 aromatic rings. The van der Waals surface area contributed by atoms with Gasteiger partial charge in [-0.2, -0.15) is 5.26 Å². The molecule has 0 unspecified atom stereocenters. The number of piperazine rings is 1. The zero-order chi connectivity index (χ0) is 30.7. The van der Waals surface area contributed by atoms with Gasteiger partial charge in [0.2, 0.25) is 10.0 Å². The van der Waals surface area contributed by atoms with E-state index in [1.807, 2.05) is 41.0 Å². The van der Waals surface area contributed by atoms with Crippen LogP contribution in [0.25, 0.3) is 0 Å². The maximum absolute atomic E-state index is 13.8. The van der Waals surface area contributed by atoms with E-state index in [1.54, 1.807) is 18.2 Å². The average molecular weight is 601 g/mol. The summed E-state index contributed by atoms with van der Waals surface area (Å²) in [4.78, 5) is 22.5. The molecule has 0 saturated carbocycles. The molecule has 5 rings (SSSR count). The van der Waals surface area contributed by atoms with E-state index < -0.39 is 10.0 Å². The van der Waals surface area contributed by atoms with Crippen molar-refractivity contribution in [1.82, 2.24) is 4.90 Å². The number of sulfonamides is 1. The van der Waals surface area contributed by atoms with E-state index in [2.05, 4.69) is 41.8 Å². The van der Waals surface area contributed by atoms with Gasteiger partial charge in [-0.25, -0.2) is 13.6 Å². The van der Waals surface area contributed by atoms with E-state index >= 15 is 0 Å². The molecule has 0 atom stereocenters. The van der Waals surface area contributed by atoms with Crippen LogP contribution in [-0.4, -0.2) is 71.1 Å². The lowest BCUT2D eigenvalue weighted by atomic mass is 9.97. The highest BCUT2D eigenvalue weighted by molar-refractivity contribution is 7.89. The summed E-state index contributed by atoms with van der Waals surface area (Å²) in [6.07, 6.45) is 1.93. The number of anilines is 3. The molecule has 2 N–H and O–H groups in total. The number of carbonyl (C=O) groups is 1. The summed E-state index contributed by atoms with van der Waals surface area (Å²) in [6.45, 7) is 10.8. The Morgan fingerprint density at radius 3 is 2.14 bits per heavy atom. The second kappa shape index (κ2) is 12.7. The molecule has 0 aliphatic carbocycles. The number of carbonyl (C=O) groups excluding carboxylic acids is 1. The van der Waals surface area contributed by atoms with Crippen molar-refractivity contribution in [2.45, 2.75) is 44.6 Å². The second-order valence-electron chi connectivity index (χ2n) is 11.4. The number of para-hydroxylation sites is 2. The van der Waals surface area contributed by atoms with Crippen molar-refractivity contribution in [3.8, 4) is 6.07 Å². The first kappa shape index (κ1) is 30.4. The van der Waals surface area contributed by atoms with Gasteiger partial charge < -0.3 is 19.6 Å². The summed E-state index contributed by atoms with van der Waals surface area (Å²) < 4.78 is 24.2. The third-order valence-electron chi connectivity index (χ3n) is 8.77. The van der Waals surface area contributed by atoms with Crippen LogP contribution >= 0.6 is 0 Å². The zero-order valence-corrected chi connectivity index (χ0v) is 26.0. The van der Waals surface area contributed by atoms with Crippen molar-refractivity contribution < 1.29 is 13.2 Å². The van der Waals surface area contributed by atoms with Crippen LogP contribution in [0.4, 0.5) is 17.1 Å². The van der Waals surface area contributed by atoms with Gasteiger partial charge in [0.05, 0.1) is 16.9 Å². The van der Waals surface area contributed by atoms with Crippen LogP contribution in [0, 0.1) is 25.2 Å². The Balaban J connectivity index is 1.30. The quantitative estimate of drug-likeness (QED) is 0.431. The molecule has 1 amide bonds. The van der Waals surface area contributed by atoms with Gasteiger partial charge in [0.15, 0.2) is 0 Å². The van der Waals surface area contributed by atoms with Gasteiger partial charge in [-0.3, -0.25) is 4.79 Å². The molecule has 3 aromatic carbocycles. The number of amides is 1.